The standard InChI is InChI=1S/C17H17ClOS/c1-12(2)17(19)14-5-9-16(10-6-14)20-11-13-3-7-15(18)8-4-13/h3-10,12H,11H2,1-2H3. The monoisotopic (exact) mass is 304 g/mol. The maximum Gasteiger partial charge on any atom is 0.165 e. The van der Waals surface area contributed by atoms with E-state index in [4.69, 9.17) is 11.6 Å². The van der Waals surface area contributed by atoms with Crippen LogP contribution in [0.5, 0.6) is 0 Å². The van der Waals surface area contributed by atoms with Gasteiger partial charge in [0.05, 0.1) is 0 Å². The van der Waals surface area contributed by atoms with E-state index in [2.05, 4.69) is 0 Å². The molecular formula is C17H17ClOS. The summed E-state index contributed by atoms with van der Waals surface area (Å²) in [7, 11) is 0. The quantitative estimate of drug-likeness (QED) is 0.538. The molecule has 0 aliphatic heterocycles. The van der Waals surface area contributed by atoms with Crippen molar-refractivity contribution >= 4 is 29.1 Å². The Bertz CT molecular complexity index is 573. The van der Waals surface area contributed by atoms with Crippen LogP contribution >= 0.6 is 23.4 Å². The number of rotatable bonds is 5. The SMILES string of the molecule is CC(C)C(=O)c1ccc(SCc2ccc(Cl)cc2)cc1. The molecule has 104 valence electrons. The lowest BCUT2D eigenvalue weighted by molar-refractivity contribution is 0.0939. The number of carbonyl (C=O) groups excluding carboxylic acids is 1. The summed E-state index contributed by atoms with van der Waals surface area (Å²) < 4.78 is 0. The van der Waals surface area contributed by atoms with E-state index in [1.807, 2.05) is 62.4 Å². The van der Waals surface area contributed by atoms with Crippen molar-refractivity contribution in [2.45, 2.75) is 24.5 Å². The zero-order valence-electron chi connectivity index (χ0n) is 11.6. The molecule has 0 spiro atoms. The fourth-order valence-corrected chi connectivity index (χ4v) is 2.78. The highest BCUT2D eigenvalue weighted by molar-refractivity contribution is 7.98. The van der Waals surface area contributed by atoms with Gasteiger partial charge < -0.3 is 0 Å². The maximum absolute atomic E-state index is 11.8. The summed E-state index contributed by atoms with van der Waals surface area (Å²) in [6.07, 6.45) is 0. The Labute approximate surface area is 129 Å². The molecule has 20 heavy (non-hydrogen) atoms. The molecule has 0 fully saturated rings. The molecule has 0 aliphatic carbocycles. The van der Waals surface area contributed by atoms with Crippen LogP contribution in [0.4, 0.5) is 0 Å². The number of ketones is 1. The molecule has 0 aliphatic rings. The van der Waals surface area contributed by atoms with Crippen LogP contribution in [0.1, 0.15) is 29.8 Å². The predicted molar refractivity (Wildman–Crippen MR) is 86.6 cm³/mol. The fraction of sp³-hybridized carbons (Fsp3) is 0.235. The molecule has 0 saturated carbocycles. The van der Waals surface area contributed by atoms with Crippen LogP contribution in [0.15, 0.2) is 53.4 Å². The predicted octanol–water partition coefficient (Wildman–Crippen LogP) is 5.47. The van der Waals surface area contributed by atoms with Crippen molar-refractivity contribution in [1.29, 1.82) is 0 Å². The first kappa shape index (κ1) is 15.1. The molecular weight excluding hydrogens is 288 g/mol. The van der Waals surface area contributed by atoms with Gasteiger partial charge in [-0.2, -0.15) is 0 Å². The zero-order chi connectivity index (χ0) is 14.5. The van der Waals surface area contributed by atoms with Crippen LogP contribution in [-0.4, -0.2) is 5.78 Å². The van der Waals surface area contributed by atoms with Gasteiger partial charge in [0.2, 0.25) is 0 Å². The van der Waals surface area contributed by atoms with Crippen molar-refractivity contribution in [3.8, 4) is 0 Å². The third kappa shape index (κ3) is 4.12. The summed E-state index contributed by atoms with van der Waals surface area (Å²) in [6, 6.07) is 15.7. The normalized spacial score (nSPS) is 10.8. The number of benzene rings is 2. The highest BCUT2D eigenvalue weighted by Gasteiger charge is 2.09. The Morgan fingerprint density at radius 2 is 1.65 bits per heavy atom. The van der Waals surface area contributed by atoms with E-state index in [-0.39, 0.29) is 11.7 Å². The van der Waals surface area contributed by atoms with Crippen LogP contribution in [0, 0.1) is 5.92 Å². The van der Waals surface area contributed by atoms with Crippen molar-refractivity contribution in [2.75, 3.05) is 0 Å². The van der Waals surface area contributed by atoms with Crippen LogP contribution in [0.25, 0.3) is 0 Å². The molecule has 3 heteroatoms. The van der Waals surface area contributed by atoms with Crippen molar-refractivity contribution in [1.82, 2.24) is 0 Å². The van der Waals surface area contributed by atoms with Crippen LogP contribution in [-0.2, 0) is 5.75 Å². The van der Waals surface area contributed by atoms with E-state index in [0.29, 0.717) is 0 Å². The lowest BCUT2D eigenvalue weighted by Crippen LogP contribution is -2.06. The lowest BCUT2D eigenvalue weighted by Gasteiger charge is -2.06. The minimum absolute atomic E-state index is 0.0440. The highest BCUT2D eigenvalue weighted by atomic mass is 35.5. The van der Waals surface area contributed by atoms with Gasteiger partial charge in [-0.3, -0.25) is 4.79 Å². The average molecular weight is 305 g/mol. The van der Waals surface area contributed by atoms with Crippen molar-refractivity contribution in [3.05, 3.63) is 64.7 Å². The Kier molecular flexibility index (Phi) is 5.27. The highest BCUT2D eigenvalue weighted by Crippen LogP contribution is 2.24. The molecule has 0 N–H and O–H groups in total. The second-order valence-corrected chi connectivity index (χ2v) is 6.44. The molecule has 0 unspecified atom stereocenters. The first-order chi connectivity index (χ1) is 9.56. The summed E-state index contributed by atoms with van der Waals surface area (Å²) in [5, 5.41) is 0.760. The van der Waals surface area contributed by atoms with Crippen LogP contribution in [0.3, 0.4) is 0 Å². The summed E-state index contributed by atoms with van der Waals surface area (Å²) in [6.45, 7) is 3.84. The van der Waals surface area contributed by atoms with E-state index >= 15 is 0 Å². The van der Waals surface area contributed by atoms with Gasteiger partial charge in [-0.05, 0) is 29.8 Å². The Balaban J connectivity index is 1.97. The smallest absolute Gasteiger partial charge is 0.165 e. The molecule has 0 radical (unpaired) electrons. The topological polar surface area (TPSA) is 17.1 Å². The van der Waals surface area contributed by atoms with E-state index in [1.54, 1.807) is 11.8 Å². The first-order valence-electron chi connectivity index (χ1n) is 6.58. The Hall–Kier alpha value is -1.25. The molecule has 0 saturated heterocycles. The summed E-state index contributed by atoms with van der Waals surface area (Å²) >= 11 is 7.62. The Morgan fingerprint density at radius 1 is 1.05 bits per heavy atom. The van der Waals surface area contributed by atoms with E-state index < -0.39 is 0 Å². The largest absolute Gasteiger partial charge is 0.294 e. The second-order valence-electron chi connectivity index (χ2n) is 4.96. The summed E-state index contributed by atoms with van der Waals surface area (Å²) in [4.78, 5) is 13.0. The number of halogens is 1. The van der Waals surface area contributed by atoms with Crippen molar-refractivity contribution in [2.24, 2.45) is 5.92 Å². The molecule has 2 aromatic carbocycles. The average Bonchev–Trinajstić information content (AvgIpc) is 2.46. The van der Waals surface area contributed by atoms with Gasteiger partial charge in [0.15, 0.2) is 5.78 Å². The van der Waals surface area contributed by atoms with Gasteiger partial charge in [-0.25, -0.2) is 0 Å². The van der Waals surface area contributed by atoms with E-state index in [0.717, 1.165) is 16.3 Å². The van der Waals surface area contributed by atoms with Crippen molar-refractivity contribution < 1.29 is 4.79 Å². The molecule has 0 aromatic heterocycles. The van der Waals surface area contributed by atoms with Crippen LogP contribution in [0.2, 0.25) is 5.02 Å². The fourth-order valence-electron chi connectivity index (χ4n) is 1.80. The zero-order valence-corrected chi connectivity index (χ0v) is 13.2. The summed E-state index contributed by atoms with van der Waals surface area (Å²) in [5.74, 6) is 1.14. The Morgan fingerprint density at radius 3 is 2.20 bits per heavy atom. The van der Waals surface area contributed by atoms with E-state index in [1.165, 1.54) is 10.5 Å². The third-order valence-electron chi connectivity index (χ3n) is 2.98. The minimum atomic E-state index is 0.0440. The van der Waals surface area contributed by atoms with Gasteiger partial charge in [0, 0.05) is 27.2 Å². The minimum Gasteiger partial charge on any atom is -0.294 e. The molecule has 2 rings (SSSR count). The molecule has 0 amide bonds. The number of carbonyl (C=O) groups is 1. The molecule has 2 aromatic rings. The second kappa shape index (κ2) is 6.96. The van der Waals surface area contributed by atoms with Gasteiger partial charge in [-0.15, -0.1) is 11.8 Å². The number of thioether (sulfide) groups is 1. The van der Waals surface area contributed by atoms with Gasteiger partial charge in [-0.1, -0.05) is 49.7 Å². The summed E-state index contributed by atoms with van der Waals surface area (Å²) in [5.41, 5.74) is 2.03. The number of Topliss-reactive ketones (excluding diaryl/α,β-unsaturated/α-hetero) is 1. The lowest BCUT2D eigenvalue weighted by atomic mass is 10.0. The molecule has 0 atom stereocenters. The molecule has 0 heterocycles. The van der Waals surface area contributed by atoms with Crippen LogP contribution < -0.4 is 0 Å². The van der Waals surface area contributed by atoms with E-state index in [9.17, 15) is 4.79 Å². The van der Waals surface area contributed by atoms with Gasteiger partial charge in [0.25, 0.3) is 0 Å². The molecule has 0 bridgehead atoms. The number of hydrogen-bond acceptors (Lipinski definition) is 2. The van der Waals surface area contributed by atoms with Gasteiger partial charge >= 0.3 is 0 Å². The molecule has 1 nitrogen and oxygen atoms in total. The van der Waals surface area contributed by atoms with Gasteiger partial charge in [0.1, 0.15) is 0 Å². The number of hydrogen-bond donors (Lipinski definition) is 0. The first-order valence-corrected chi connectivity index (χ1v) is 7.94. The third-order valence-corrected chi connectivity index (χ3v) is 4.32. The van der Waals surface area contributed by atoms with Crippen molar-refractivity contribution in [3.63, 3.8) is 0 Å². The maximum atomic E-state index is 11.8.